The molecule has 1 aliphatic heterocycles. The van der Waals surface area contributed by atoms with Gasteiger partial charge in [0.1, 0.15) is 29.5 Å². The van der Waals surface area contributed by atoms with E-state index in [0.717, 1.165) is 4.90 Å². The van der Waals surface area contributed by atoms with Gasteiger partial charge in [-0.3, -0.25) is 24.1 Å². The molecule has 4 amide bonds. The Balaban J connectivity index is 1.37. The van der Waals surface area contributed by atoms with Gasteiger partial charge < -0.3 is 19.8 Å². The van der Waals surface area contributed by atoms with Gasteiger partial charge in [-0.1, -0.05) is 32.0 Å². The topological polar surface area (TPSA) is 118 Å². The van der Waals surface area contributed by atoms with Crippen LogP contribution in [0.5, 0.6) is 5.75 Å². The minimum absolute atomic E-state index is 0.00349. The van der Waals surface area contributed by atoms with Gasteiger partial charge in [-0.25, -0.2) is 4.39 Å². The molecule has 0 bridgehead atoms. The Labute approximate surface area is 270 Å². The maximum Gasteiger partial charge on any atom is 0.261 e. The molecule has 1 aliphatic rings. The lowest BCUT2D eigenvalue weighted by atomic mass is 9.98. The molecule has 2 N–H and O–H groups in total. The van der Waals surface area contributed by atoms with Crippen LogP contribution in [0.3, 0.4) is 0 Å². The molecule has 47 heavy (non-hydrogen) atoms. The monoisotopic (exact) mass is 633 g/mol. The zero-order valence-corrected chi connectivity index (χ0v) is 26.1. The van der Waals surface area contributed by atoms with E-state index < -0.39 is 5.82 Å². The lowest BCUT2D eigenvalue weighted by molar-refractivity contribution is 0.0630. The van der Waals surface area contributed by atoms with Crippen LogP contribution in [-0.2, 0) is 0 Å². The van der Waals surface area contributed by atoms with Crippen LogP contribution < -0.4 is 15.4 Å². The van der Waals surface area contributed by atoms with Crippen LogP contribution in [0.15, 0.2) is 89.3 Å². The van der Waals surface area contributed by atoms with Gasteiger partial charge >= 0.3 is 0 Å². The number of carbonyl (C=O) groups is 4. The normalized spacial score (nSPS) is 12.5. The average molecular weight is 634 g/mol. The second kappa shape index (κ2) is 12.9. The van der Waals surface area contributed by atoms with E-state index in [1.807, 2.05) is 13.8 Å². The molecule has 2 heterocycles. The van der Waals surface area contributed by atoms with E-state index in [1.165, 1.54) is 19.2 Å². The van der Waals surface area contributed by atoms with Crippen molar-refractivity contribution in [3.8, 4) is 28.2 Å². The number of imide groups is 1. The highest BCUT2D eigenvalue weighted by Crippen LogP contribution is 2.38. The highest BCUT2D eigenvalue weighted by Gasteiger charge is 2.35. The first-order valence-electron chi connectivity index (χ1n) is 15.2. The summed E-state index contributed by atoms with van der Waals surface area (Å²) in [7, 11) is 1.51. The Kier molecular flexibility index (Phi) is 8.58. The van der Waals surface area contributed by atoms with Crippen LogP contribution in [0, 0.1) is 11.7 Å². The van der Waals surface area contributed by atoms with Gasteiger partial charge in [0.25, 0.3) is 23.6 Å². The van der Waals surface area contributed by atoms with E-state index in [-0.39, 0.29) is 54.0 Å². The minimum atomic E-state index is -0.415. The lowest BCUT2D eigenvalue weighted by Crippen LogP contribution is -2.33. The first-order valence-corrected chi connectivity index (χ1v) is 15.2. The Bertz CT molecular complexity index is 2000. The number of rotatable bonds is 10. The number of carbonyl (C=O) groups excluding carboxylic acids is 4. The standard InChI is InChI=1S/C37H32FN3O6/c1-21(2)20-40-34(42)24-11-14-30(46-17-16-41-36(44)26-6-4-5-7-27(26)37(41)45)28(19-24)23-10-15-31-29(18-23)32(35(43)39-3)33(47-31)22-8-12-25(38)13-9-22/h4-15,18-19,21H,16-17,20H2,1-3H3,(H,39,43)(H,40,42). The zero-order valence-electron chi connectivity index (χ0n) is 26.1. The van der Waals surface area contributed by atoms with Crippen molar-refractivity contribution in [1.29, 1.82) is 0 Å². The summed E-state index contributed by atoms with van der Waals surface area (Å²) in [4.78, 5) is 53.1. The largest absolute Gasteiger partial charge is 0.491 e. The maximum absolute atomic E-state index is 13.7. The van der Waals surface area contributed by atoms with Gasteiger partial charge in [-0.15, -0.1) is 0 Å². The molecule has 0 radical (unpaired) electrons. The highest BCUT2D eigenvalue weighted by atomic mass is 19.1. The predicted molar refractivity (Wildman–Crippen MR) is 175 cm³/mol. The average Bonchev–Trinajstić information content (AvgIpc) is 3.58. The summed E-state index contributed by atoms with van der Waals surface area (Å²) >= 11 is 0. The number of nitrogens with one attached hydrogen (secondary N) is 2. The smallest absolute Gasteiger partial charge is 0.261 e. The van der Waals surface area contributed by atoms with E-state index >= 15 is 0 Å². The molecule has 0 fully saturated rings. The summed E-state index contributed by atoms with van der Waals surface area (Å²) in [5.74, 6) is -0.871. The lowest BCUT2D eigenvalue weighted by Gasteiger charge is -2.17. The molecule has 0 atom stereocenters. The number of ether oxygens (including phenoxy) is 1. The van der Waals surface area contributed by atoms with E-state index in [0.29, 0.717) is 56.6 Å². The fraction of sp³-hybridized carbons (Fsp3) is 0.189. The van der Waals surface area contributed by atoms with Crippen molar-refractivity contribution in [1.82, 2.24) is 15.5 Å². The summed E-state index contributed by atoms with van der Waals surface area (Å²) in [6.45, 7) is 4.52. The zero-order chi connectivity index (χ0) is 33.2. The molecule has 0 aliphatic carbocycles. The molecule has 0 saturated carbocycles. The maximum atomic E-state index is 13.7. The van der Waals surface area contributed by atoms with E-state index in [1.54, 1.807) is 72.8 Å². The van der Waals surface area contributed by atoms with Crippen LogP contribution in [0.25, 0.3) is 33.4 Å². The van der Waals surface area contributed by atoms with Gasteiger partial charge in [0.05, 0.1) is 23.2 Å². The van der Waals surface area contributed by atoms with E-state index in [4.69, 9.17) is 9.15 Å². The summed E-state index contributed by atoms with van der Waals surface area (Å²) in [5.41, 5.74) is 3.54. The fourth-order valence-corrected chi connectivity index (χ4v) is 5.53. The van der Waals surface area contributed by atoms with Crippen molar-refractivity contribution in [2.75, 3.05) is 26.7 Å². The second-order valence-corrected chi connectivity index (χ2v) is 11.6. The predicted octanol–water partition coefficient (Wildman–Crippen LogP) is 6.33. The molecule has 4 aromatic carbocycles. The number of furan rings is 1. The molecule has 0 unspecified atom stereocenters. The number of amides is 4. The number of halogens is 1. The van der Waals surface area contributed by atoms with E-state index in [9.17, 15) is 23.6 Å². The number of nitrogens with zero attached hydrogens (tertiary/aromatic N) is 1. The number of hydrogen-bond donors (Lipinski definition) is 2. The number of benzene rings is 4. The molecule has 6 rings (SSSR count). The van der Waals surface area contributed by atoms with Crippen molar-refractivity contribution < 1.29 is 32.7 Å². The Hall–Kier alpha value is -5.77. The molecular formula is C37H32FN3O6. The number of fused-ring (bicyclic) bond motifs is 2. The quantitative estimate of drug-likeness (QED) is 0.174. The molecule has 10 heteroatoms. The summed E-state index contributed by atoms with van der Waals surface area (Å²) < 4.78 is 25.9. The van der Waals surface area contributed by atoms with Crippen molar-refractivity contribution in [2.45, 2.75) is 13.8 Å². The third-order valence-corrected chi connectivity index (χ3v) is 7.92. The van der Waals surface area contributed by atoms with Crippen LogP contribution in [0.1, 0.15) is 55.3 Å². The first-order chi connectivity index (χ1) is 22.7. The highest BCUT2D eigenvalue weighted by molar-refractivity contribution is 6.21. The van der Waals surface area contributed by atoms with Crippen LogP contribution >= 0.6 is 0 Å². The number of hydrogen-bond acceptors (Lipinski definition) is 6. The van der Waals surface area contributed by atoms with Crippen molar-refractivity contribution >= 4 is 34.6 Å². The van der Waals surface area contributed by atoms with Crippen LogP contribution in [0.4, 0.5) is 4.39 Å². The van der Waals surface area contributed by atoms with Gasteiger partial charge in [-0.05, 0) is 78.2 Å². The van der Waals surface area contributed by atoms with Crippen molar-refractivity contribution in [3.05, 3.63) is 113 Å². The van der Waals surface area contributed by atoms with Gasteiger partial charge in [0.15, 0.2) is 0 Å². The Morgan fingerprint density at radius 2 is 1.53 bits per heavy atom. The van der Waals surface area contributed by atoms with Gasteiger partial charge in [0, 0.05) is 35.7 Å². The molecule has 1 aromatic heterocycles. The molecule has 9 nitrogen and oxygen atoms in total. The summed E-state index contributed by atoms with van der Waals surface area (Å²) in [6.07, 6.45) is 0. The van der Waals surface area contributed by atoms with Gasteiger partial charge in [0.2, 0.25) is 0 Å². The van der Waals surface area contributed by atoms with Crippen LogP contribution in [0.2, 0.25) is 0 Å². The SMILES string of the molecule is CNC(=O)c1c(-c2ccc(F)cc2)oc2ccc(-c3cc(C(=O)NCC(C)C)ccc3OCCN3C(=O)c4ccccc4C3=O)cc12. The molecule has 5 aromatic rings. The van der Waals surface area contributed by atoms with Crippen molar-refractivity contribution in [2.24, 2.45) is 5.92 Å². The first kappa shape index (κ1) is 31.2. The minimum Gasteiger partial charge on any atom is -0.491 e. The van der Waals surface area contributed by atoms with Crippen molar-refractivity contribution in [3.63, 3.8) is 0 Å². The van der Waals surface area contributed by atoms with E-state index in [2.05, 4.69) is 10.6 Å². The summed E-state index contributed by atoms with van der Waals surface area (Å²) in [6, 6.07) is 22.7. The second-order valence-electron chi connectivity index (χ2n) is 11.6. The summed E-state index contributed by atoms with van der Waals surface area (Å²) in [5, 5.41) is 6.09. The molecule has 0 saturated heterocycles. The Morgan fingerprint density at radius 3 is 2.19 bits per heavy atom. The van der Waals surface area contributed by atoms with Gasteiger partial charge in [-0.2, -0.15) is 0 Å². The molecule has 0 spiro atoms. The fourth-order valence-electron chi connectivity index (χ4n) is 5.53. The third-order valence-electron chi connectivity index (χ3n) is 7.92. The molecular weight excluding hydrogens is 601 g/mol. The Morgan fingerprint density at radius 1 is 0.851 bits per heavy atom. The van der Waals surface area contributed by atoms with Crippen LogP contribution in [-0.4, -0.2) is 55.3 Å². The third kappa shape index (κ3) is 6.09. The molecule has 238 valence electrons.